The molecule has 3 heterocycles. The van der Waals surface area contributed by atoms with Crippen molar-refractivity contribution in [2.75, 3.05) is 37.4 Å². The van der Waals surface area contributed by atoms with E-state index < -0.39 is 0 Å². The van der Waals surface area contributed by atoms with Crippen LogP contribution in [0, 0.1) is 5.92 Å². The van der Waals surface area contributed by atoms with Gasteiger partial charge < -0.3 is 20.9 Å². The summed E-state index contributed by atoms with van der Waals surface area (Å²) in [5, 5.41) is 8.68. The maximum absolute atomic E-state index is 12.3. The second-order valence-corrected chi connectivity index (χ2v) is 7.58. The lowest BCUT2D eigenvalue weighted by molar-refractivity contribution is -0.123. The summed E-state index contributed by atoms with van der Waals surface area (Å²) in [5.41, 5.74) is 3.07. The molecule has 1 saturated carbocycles. The summed E-state index contributed by atoms with van der Waals surface area (Å²) in [6.45, 7) is 1.37. The van der Waals surface area contributed by atoms with E-state index >= 15 is 0 Å². The summed E-state index contributed by atoms with van der Waals surface area (Å²) in [6, 6.07) is 5.90. The highest BCUT2D eigenvalue weighted by Crippen LogP contribution is 2.39. The average Bonchev–Trinajstić information content (AvgIpc) is 3.49. The van der Waals surface area contributed by atoms with Gasteiger partial charge in [-0.2, -0.15) is 0 Å². The van der Waals surface area contributed by atoms with Gasteiger partial charge in [0.1, 0.15) is 5.82 Å². The third-order valence-electron chi connectivity index (χ3n) is 5.55. The number of amides is 2. The van der Waals surface area contributed by atoms with Crippen LogP contribution in [0.1, 0.15) is 41.2 Å². The van der Waals surface area contributed by atoms with Crippen molar-refractivity contribution < 1.29 is 9.59 Å². The number of nitrogens with one attached hydrogen (secondary N) is 3. The maximum Gasteiger partial charge on any atom is 0.254 e. The molecule has 2 aliphatic rings. The first-order chi connectivity index (χ1) is 14.1. The van der Waals surface area contributed by atoms with Crippen molar-refractivity contribution in [3.63, 3.8) is 0 Å². The summed E-state index contributed by atoms with van der Waals surface area (Å²) in [4.78, 5) is 35.3. The molecule has 3 N–H and O–H groups in total. The van der Waals surface area contributed by atoms with Crippen LogP contribution in [-0.2, 0) is 4.79 Å². The number of hydrogen-bond donors (Lipinski definition) is 3. The van der Waals surface area contributed by atoms with Gasteiger partial charge in [0.05, 0.1) is 29.1 Å². The number of carbonyl (C=O) groups excluding carboxylic acids is 2. The van der Waals surface area contributed by atoms with Crippen LogP contribution in [0.15, 0.2) is 30.6 Å². The topological polar surface area (TPSA) is 99.2 Å². The van der Waals surface area contributed by atoms with Crippen molar-refractivity contribution in [3.8, 4) is 0 Å². The van der Waals surface area contributed by atoms with Gasteiger partial charge in [-0.15, -0.1) is 0 Å². The number of pyridine rings is 2. The van der Waals surface area contributed by atoms with Crippen molar-refractivity contribution >= 4 is 29.0 Å². The minimum atomic E-state index is -0.209. The SMILES string of the molecule is CNC(=O)c1cnc(N2CCC(C(=O)NC)C2)cc1Nc1ccc(C2CC2)nc1. The van der Waals surface area contributed by atoms with E-state index in [2.05, 4.69) is 30.8 Å². The van der Waals surface area contributed by atoms with E-state index in [4.69, 9.17) is 0 Å². The molecule has 1 saturated heterocycles. The molecule has 152 valence electrons. The van der Waals surface area contributed by atoms with Crippen LogP contribution in [0.4, 0.5) is 17.2 Å². The van der Waals surface area contributed by atoms with Crippen LogP contribution in [0.25, 0.3) is 0 Å². The fraction of sp³-hybridized carbons (Fsp3) is 0.429. The summed E-state index contributed by atoms with van der Waals surface area (Å²) < 4.78 is 0. The molecule has 4 rings (SSSR count). The Kier molecular flexibility index (Phi) is 5.33. The van der Waals surface area contributed by atoms with Gasteiger partial charge in [-0.05, 0) is 31.4 Å². The van der Waals surface area contributed by atoms with E-state index in [1.54, 1.807) is 26.5 Å². The maximum atomic E-state index is 12.3. The largest absolute Gasteiger partial charge is 0.359 e. The number of rotatable bonds is 6. The first-order valence-electron chi connectivity index (χ1n) is 10.0. The average molecular weight is 394 g/mol. The smallest absolute Gasteiger partial charge is 0.254 e. The fourth-order valence-corrected chi connectivity index (χ4v) is 3.68. The van der Waals surface area contributed by atoms with E-state index in [9.17, 15) is 9.59 Å². The molecule has 1 aliphatic heterocycles. The molecule has 29 heavy (non-hydrogen) atoms. The monoisotopic (exact) mass is 394 g/mol. The molecule has 1 unspecified atom stereocenters. The molecule has 2 amide bonds. The first kappa shape index (κ1) is 19.2. The molecular weight excluding hydrogens is 368 g/mol. The third kappa shape index (κ3) is 4.16. The fourth-order valence-electron chi connectivity index (χ4n) is 3.68. The minimum absolute atomic E-state index is 0.0454. The molecule has 2 aromatic rings. The van der Waals surface area contributed by atoms with E-state index in [0.29, 0.717) is 23.7 Å². The summed E-state index contributed by atoms with van der Waals surface area (Å²) >= 11 is 0. The number of carbonyl (C=O) groups is 2. The van der Waals surface area contributed by atoms with E-state index in [1.807, 2.05) is 18.2 Å². The molecule has 8 nitrogen and oxygen atoms in total. The van der Waals surface area contributed by atoms with Crippen LogP contribution in [-0.4, -0.2) is 49.0 Å². The Morgan fingerprint density at radius 2 is 1.90 bits per heavy atom. The zero-order valence-electron chi connectivity index (χ0n) is 16.7. The van der Waals surface area contributed by atoms with E-state index in [0.717, 1.165) is 30.2 Å². The van der Waals surface area contributed by atoms with Gasteiger partial charge in [0, 0.05) is 51.1 Å². The molecule has 0 bridgehead atoms. The predicted octanol–water partition coefficient (Wildman–Crippen LogP) is 2.03. The van der Waals surface area contributed by atoms with Gasteiger partial charge in [-0.25, -0.2) is 4.98 Å². The Morgan fingerprint density at radius 3 is 2.55 bits per heavy atom. The Morgan fingerprint density at radius 1 is 1.07 bits per heavy atom. The highest BCUT2D eigenvalue weighted by molar-refractivity contribution is 6.00. The van der Waals surface area contributed by atoms with Crippen LogP contribution in [0.5, 0.6) is 0 Å². The second-order valence-electron chi connectivity index (χ2n) is 7.58. The second kappa shape index (κ2) is 8.06. The van der Waals surface area contributed by atoms with Crippen molar-refractivity contribution in [1.82, 2.24) is 20.6 Å². The molecule has 0 spiro atoms. The Hall–Kier alpha value is -3.16. The lowest BCUT2D eigenvalue weighted by Gasteiger charge is -2.20. The minimum Gasteiger partial charge on any atom is -0.359 e. The van der Waals surface area contributed by atoms with Crippen LogP contribution in [0.3, 0.4) is 0 Å². The normalized spacial score (nSPS) is 18.4. The molecule has 0 aromatic carbocycles. The number of aromatic nitrogens is 2. The standard InChI is InChI=1S/C21H26N6O2/c1-22-20(28)14-7-8-27(12-14)19-9-18(16(11-25-19)21(29)23-2)26-15-5-6-17(24-10-15)13-3-4-13/h5-6,9-11,13-14H,3-4,7-8,12H2,1-2H3,(H,22,28)(H,23,29)(H,25,26). The Balaban J connectivity index is 1.57. The van der Waals surface area contributed by atoms with Crippen molar-refractivity contribution in [2.24, 2.45) is 5.92 Å². The lowest BCUT2D eigenvalue weighted by Crippen LogP contribution is -2.30. The van der Waals surface area contributed by atoms with Gasteiger partial charge in [0.25, 0.3) is 5.91 Å². The van der Waals surface area contributed by atoms with Crippen molar-refractivity contribution in [1.29, 1.82) is 0 Å². The summed E-state index contributed by atoms with van der Waals surface area (Å²) in [7, 11) is 3.26. The van der Waals surface area contributed by atoms with Crippen LogP contribution in [0.2, 0.25) is 0 Å². The van der Waals surface area contributed by atoms with Gasteiger partial charge in [-0.1, -0.05) is 0 Å². The quantitative estimate of drug-likeness (QED) is 0.693. The van der Waals surface area contributed by atoms with Crippen LogP contribution >= 0.6 is 0 Å². The molecule has 1 aliphatic carbocycles. The van der Waals surface area contributed by atoms with Gasteiger partial charge in [0.2, 0.25) is 5.91 Å². The first-order valence-corrected chi connectivity index (χ1v) is 10.0. The van der Waals surface area contributed by atoms with Crippen molar-refractivity contribution in [3.05, 3.63) is 41.9 Å². The summed E-state index contributed by atoms with van der Waals surface area (Å²) in [6.07, 6.45) is 6.59. The Labute approximate surface area is 170 Å². The Bertz CT molecular complexity index is 910. The number of anilines is 3. The molecule has 2 fully saturated rings. The van der Waals surface area contributed by atoms with E-state index in [1.165, 1.54) is 12.8 Å². The van der Waals surface area contributed by atoms with Crippen LogP contribution < -0.4 is 20.9 Å². The number of nitrogens with zero attached hydrogens (tertiary/aromatic N) is 3. The lowest BCUT2D eigenvalue weighted by atomic mass is 10.1. The van der Waals surface area contributed by atoms with Gasteiger partial charge in [-0.3, -0.25) is 14.6 Å². The van der Waals surface area contributed by atoms with Gasteiger partial charge >= 0.3 is 0 Å². The highest BCUT2D eigenvalue weighted by Gasteiger charge is 2.29. The summed E-state index contributed by atoms with van der Waals surface area (Å²) in [5.74, 6) is 1.14. The number of hydrogen-bond acceptors (Lipinski definition) is 6. The highest BCUT2D eigenvalue weighted by atomic mass is 16.2. The predicted molar refractivity (Wildman–Crippen MR) is 112 cm³/mol. The molecule has 2 aromatic heterocycles. The zero-order chi connectivity index (χ0) is 20.4. The molecule has 8 heteroatoms. The molecule has 1 atom stereocenters. The van der Waals surface area contributed by atoms with E-state index in [-0.39, 0.29) is 17.7 Å². The molecule has 0 radical (unpaired) electrons. The zero-order valence-corrected chi connectivity index (χ0v) is 16.7. The third-order valence-corrected chi connectivity index (χ3v) is 5.55. The van der Waals surface area contributed by atoms with Gasteiger partial charge in [0.15, 0.2) is 0 Å². The molecular formula is C21H26N6O2. The van der Waals surface area contributed by atoms with Crippen molar-refractivity contribution in [2.45, 2.75) is 25.2 Å².